The Morgan fingerprint density at radius 1 is 1.15 bits per heavy atom. The van der Waals surface area contributed by atoms with Crippen molar-refractivity contribution in [3.8, 4) is 5.75 Å². The molecule has 1 atom stereocenters. The highest BCUT2D eigenvalue weighted by Gasteiger charge is 2.24. The number of nitrogens with two attached hydrogens (primary N) is 2. The Bertz CT molecular complexity index is 445. The van der Waals surface area contributed by atoms with Crippen LogP contribution in [0.3, 0.4) is 0 Å². The molecule has 0 aliphatic heterocycles. The lowest BCUT2D eigenvalue weighted by Crippen LogP contribution is -2.49. The van der Waals surface area contributed by atoms with E-state index in [1.165, 1.54) is 5.56 Å². The van der Waals surface area contributed by atoms with Crippen molar-refractivity contribution in [2.75, 3.05) is 6.61 Å². The lowest BCUT2D eigenvalue weighted by Gasteiger charge is -2.20. The normalized spacial score (nSPS) is 14.7. The second-order valence-electron chi connectivity index (χ2n) is 6.51. The van der Waals surface area contributed by atoms with Gasteiger partial charge < -0.3 is 16.2 Å². The van der Waals surface area contributed by atoms with Gasteiger partial charge in [-0.15, -0.1) is 0 Å². The number of hydrogen-bond donors (Lipinski definition) is 2. The van der Waals surface area contributed by atoms with Crippen LogP contribution in [0.2, 0.25) is 0 Å². The number of hydrogen-bond acceptors (Lipinski definition) is 3. The van der Waals surface area contributed by atoms with Crippen molar-refractivity contribution in [1.82, 2.24) is 0 Å². The van der Waals surface area contributed by atoms with Gasteiger partial charge in [0.25, 0.3) is 0 Å². The Morgan fingerprint density at radius 3 is 2.15 bits per heavy atom. The van der Waals surface area contributed by atoms with E-state index in [0.29, 0.717) is 19.4 Å². The monoisotopic (exact) mass is 278 g/mol. The minimum absolute atomic E-state index is 0.140. The summed E-state index contributed by atoms with van der Waals surface area (Å²) in [5, 5.41) is 0. The van der Waals surface area contributed by atoms with E-state index in [1.807, 2.05) is 12.1 Å². The Labute approximate surface area is 121 Å². The summed E-state index contributed by atoms with van der Waals surface area (Å²) in [6, 6.07) is 8.09. The predicted octanol–water partition coefficient (Wildman–Crippen LogP) is 2.35. The van der Waals surface area contributed by atoms with Crippen LogP contribution in [0.5, 0.6) is 5.75 Å². The molecular formula is C16H26N2O2. The average Bonchev–Trinajstić information content (AvgIpc) is 2.34. The maximum Gasteiger partial charge on any atom is 0.237 e. The second-order valence-corrected chi connectivity index (χ2v) is 6.51. The van der Waals surface area contributed by atoms with E-state index in [4.69, 9.17) is 16.2 Å². The predicted molar refractivity (Wildman–Crippen MR) is 81.7 cm³/mol. The molecule has 1 amide bonds. The molecular weight excluding hydrogens is 252 g/mol. The fourth-order valence-corrected chi connectivity index (χ4v) is 1.80. The summed E-state index contributed by atoms with van der Waals surface area (Å²) in [5.74, 6) is 0.350. The van der Waals surface area contributed by atoms with E-state index < -0.39 is 11.4 Å². The summed E-state index contributed by atoms with van der Waals surface area (Å²) in [7, 11) is 0. The first-order valence-electron chi connectivity index (χ1n) is 6.95. The third-order valence-corrected chi connectivity index (χ3v) is 3.39. The van der Waals surface area contributed by atoms with Gasteiger partial charge in [-0.1, -0.05) is 32.9 Å². The number of benzene rings is 1. The van der Waals surface area contributed by atoms with E-state index in [1.54, 1.807) is 6.92 Å². The molecule has 0 saturated carbocycles. The number of rotatable bonds is 6. The van der Waals surface area contributed by atoms with E-state index in [9.17, 15) is 4.79 Å². The first kappa shape index (κ1) is 16.5. The van der Waals surface area contributed by atoms with Crippen LogP contribution < -0.4 is 16.2 Å². The van der Waals surface area contributed by atoms with Crippen LogP contribution in [-0.2, 0) is 10.2 Å². The van der Waals surface area contributed by atoms with Gasteiger partial charge in [0.15, 0.2) is 0 Å². The summed E-state index contributed by atoms with van der Waals surface area (Å²) in [6.07, 6.45) is 1.21. The molecule has 0 heterocycles. The zero-order chi connectivity index (χ0) is 15.4. The van der Waals surface area contributed by atoms with Crippen molar-refractivity contribution in [2.45, 2.75) is 51.5 Å². The molecule has 4 heteroatoms. The molecule has 1 aromatic rings. The Morgan fingerprint density at radius 2 is 1.70 bits per heavy atom. The van der Waals surface area contributed by atoms with Crippen LogP contribution in [0.4, 0.5) is 0 Å². The minimum Gasteiger partial charge on any atom is -0.494 e. The van der Waals surface area contributed by atoms with Gasteiger partial charge in [0.1, 0.15) is 5.75 Å². The SMILES string of the molecule is CC(N)(CCCOc1ccc(C(C)(C)C)cc1)C(N)=O. The molecule has 0 fully saturated rings. The van der Waals surface area contributed by atoms with Gasteiger partial charge in [-0.3, -0.25) is 4.79 Å². The standard InChI is InChI=1S/C16H26N2O2/c1-15(2,3)12-6-8-13(9-7-12)20-11-5-10-16(4,18)14(17)19/h6-9H,5,10-11,18H2,1-4H3,(H2,17,19). The Hall–Kier alpha value is -1.55. The van der Waals surface area contributed by atoms with E-state index in [0.717, 1.165) is 5.75 Å². The molecule has 1 rings (SSSR count). The fraction of sp³-hybridized carbons (Fsp3) is 0.562. The number of primary amides is 1. The quantitative estimate of drug-likeness (QED) is 0.784. The van der Waals surface area contributed by atoms with Crippen LogP contribution in [0.15, 0.2) is 24.3 Å². The Balaban J connectivity index is 2.42. The molecule has 1 aromatic carbocycles. The number of carbonyl (C=O) groups is 1. The van der Waals surface area contributed by atoms with Crippen LogP contribution >= 0.6 is 0 Å². The molecule has 0 aromatic heterocycles. The van der Waals surface area contributed by atoms with Crippen molar-refractivity contribution in [2.24, 2.45) is 11.5 Å². The second kappa shape index (κ2) is 6.27. The number of ether oxygens (including phenoxy) is 1. The summed E-state index contributed by atoms with van der Waals surface area (Å²) in [4.78, 5) is 11.1. The maximum atomic E-state index is 11.1. The molecule has 0 bridgehead atoms. The van der Waals surface area contributed by atoms with Crippen LogP contribution in [0, 0.1) is 0 Å². The van der Waals surface area contributed by atoms with Crippen molar-refractivity contribution >= 4 is 5.91 Å². The van der Waals surface area contributed by atoms with Crippen LogP contribution in [0.25, 0.3) is 0 Å². The highest BCUT2D eigenvalue weighted by atomic mass is 16.5. The third-order valence-electron chi connectivity index (χ3n) is 3.39. The molecule has 0 saturated heterocycles. The number of carbonyl (C=O) groups excluding carboxylic acids is 1. The van der Waals surface area contributed by atoms with Gasteiger partial charge in [0.05, 0.1) is 12.1 Å². The molecule has 0 aliphatic carbocycles. The van der Waals surface area contributed by atoms with Gasteiger partial charge >= 0.3 is 0 Å². The highest BCUT2D eigenvalue weighted by Crippen LogP contribution is 2.24. The van der Waals surface area contributed by atoms with Crippen LogP contribution in [-0.4, -0.2) is 18.1 Å². The highest BCUT2D eigenvalue weighted by molar-refractivity contribution is 5.83. The zero-order valence-electron chi connectivity index (χ0n) is 12.9. The van der Waals surface area contributed by atoms with Crippen LogP contribution in [0.1, 0.15) is 46.1 Å². The Kier molecular flexibility index (Phi) is 5.17. The smallest absolute Gasteiger partial charge is 0.237 e. The topological polar surface area (TPSA) is 78.3 Å². The lowest BCUT2D eigenvalue weighted by molar-refractivity contribution is -0.122. The van der Waals surface area contributed by atoms with Gasteiger partial charge in [0.2, 0.25) is 5.91 Å². The third kappa shape index (κ3) is 4.85. The molecule has 0 spiro atoms. The summed E-state index contributed by atoms with van der Waals surface area (Å²) < 4.78 is 5.64. The zero-order valence-corrected chi connectivity index (χ0v) is 12.9. The molecule has 4 nitrogen and oxygen atoms in total. The van der Waals surface area contributed by atoms with E-state index >= 15 is 0 Å². The van der Waals surface area contributed by atoms with Crippen molar-refractivity contribution in [3.63, 3.8) is 0 Å². The van der Waals surface area contributed by atoms with Crippen molar-refractivity contribution in [3.05, 3.63) is 29.8 Å². The molecule has 0 aliphatic rings. The first-order chi connectivity index (χ1) is 9.13. The first-order valence-corrected chi connectivity index (χ1v) is 6.95. The molecule has 1 unspecified atom stereocenters. The lowest BCUT2D eigenvalue weighted by atomic mass is 9.87. The van der Waals surface area contributed by atoms with E-state index in [2.05, 4.69) is 32.9 Å². The fourth-order valence-electron chi connectivity index (χ4n) is 1.80. The van der Waals surface area contributed by atoms with E-state index in [-0.39, 0.29) is 5.41 Å². The summed E-state index contributed by atoms with van der Waals surface area (Å²) in [6.45, 7) is 8.70. The van der Waals surface area contributed by atoms with Gasteiger partial charge in [-0.2, -0.15) is 0 Å². The van der Waals surface area contributed by atoms with Crippen molar-refractivity contribution < 1.29 is 9.53 Å². The van der Waals surface area contributed by atoms with Gasteiger partial charge in [-0.05, 0) is 42.9 Å². The molecule has 0 radical (unpaired) electrons. The van der Waals surface area contributed by atoms with Gasteiger partial charge in [-0.25, -0.2) is 0 Å². The minimum atomic E-state index is -0.959. The number of amides is 1. The molecule has 20 heavy (non-hydrogen) atoms. The maximum absolute atomic E-state index is 11.1. The van der Waals surface area contributed by atoms with Gasteiger partial charge in [0, 0.05) is 0 Å². The summed E-state index contributed by atoms with van der Waals surface area (Å²) in [5.41, 5.74) is 11.4. The van der Waals surface area contributed by atoms with Crippen molar-refractivity contribution in [1.29, 1.82) is 0 Å². The molecule has 112 valence electrons. The summed E-state index contributed by atoms with van der Waals surface area (Å²) >= 11 is 0. The largest absolute Gasteiger partial charge is 0.494 e. The average molecular weight is 278 g/mol. The molecule has 4 N–H and O–H groups in total.